The van der Waals surface area contributed by atoms with Crippen LogP contribution >= 0.6 is 76.0 Å². The van der Waals surface area contributed by atoms with Crippen LogP contribution in [0, 0.1) is 35.5 Å². The van der Waals surface area contributed by atoms with Gasteiger partial charge in [0.2, 0.25) is 7.57 Å². The first-order valence-electron chi connectivity index (χ1n) is 31.3. The molecule has 634 valence electrons. The van der Waals surface area contributed by atoms with Crippen LogP contribution in [-0.4, -0.2) is 380 Å². The van der Waals surface area contributed by atoms with E-state index in [1.807, 2.05) is 15.1 Å². The number of ether oxygens (including phenoxy) is 8. The summed E-state index contributed by atoms with van der Waals surface area (Å²) in [6.07, 6.45) is -16.7. The fraction of sp³-hybridized carbons (Fsp3) is 1.00. The van der Waals surface area contributed by atoms with Crippen LogP contribution in [0.1, 0.15) is 41.5 Å². The van der Waals surface area contributed by atoms with Gasteiger partial charge in [-0.3, -0.25) is 27.2 Å². The molecule has 0 aromatic rings. The number of phosphoric acid groups is 7. The van der Waals surface area contributed by atoms with Gasteiger partial charge in [0, 0.05) is 79.4 Å². The molecule has 7 fully saturated rings. The fourth-order valence-electron chi connectivity index (χ4n) is 9.42. The number of methoxy groups -OCH3 is 1. The molecule has 7 saturated heterocycles. The Morgan fingerprint density at radius 3 is 0.685 bits per heavy atom. The van der Waals surface area contributed by atoms with Crippen molar-refractivity contribution in [3.05, 3.63) is 0 Å². The fourth-order valence-corrected chi connectivity index (χ4v) is 18.3. The van der Waals surface area contributed by atoms with Crippen molar-refractivity contribution >= 4 is 154 Å². The molecule has 0 bridgehead atoms. The molecule has 0 amide bonds. The molecule has 111 heavy (non-hydrogen) atoms. The summed E-state index contributed by atoms with van der Waals surface area (Å²) in [6, 6.07) is -4.78. The zero-order valence-electron chi connectivity index (χ0n) is 59.5. The summed E-state index contributed by atoms with van der Waals surface area (Å²) in [6.45, 7) is 8.30. The van der Waals surface area contributed by atoms with Crippen molar-refractivity contribution in [3.63, 3.8) is 0 Å². The topological polar surface area (TPSA) is 765 Å². The molecule has 0 aliphatic carbocycles. The van der Waals surface area contributed by atoms with Gasteiger partial charge in [0.25, 0.3) is 7.47 Å². The van der Waals surface area contributed by atoms with E-state index in [2.05, 4.69) is 35.6 Å². The Morgan fingerprint density at radius 2 is 0.495 bits per heavy atom. The largest absolute Gasteiger partial charge is 0.476 e. The second-order valence-electron chi connectivity index (χ2n) is 24.8. The van der Waals surface area contributed by atoms with Gasteiger partial charge in [-0.1, -0.05) is 34.6 Å². The Bertz CT molecular complexity index is 3020. The van der Waals surface area contributed by atoms with Gasteiger partial charge in [0.05, 0.1) is 70.2 Å². The van der Waals surface area contributed by atoms with E-state index in [0.29, 0.717) is 0 Å². The van der Waals surface area contributed by atoms with Crippen molar-refractivity contribution < 1.29 is 233 Å². The van der Waals surface area contributed by atoms with Crippen molar-refractivity contribution in [2.45, 2.75) is 175 Å². The summed E-state index contributed by atoms with van der Waals surface area (Å²) in [5.74, 6) is -1.83. The average molecular weight is 1860 g/mol. The van der Waals surface area contributed by atoms with E-state index in [-0.39, 0.29) is 68.5 Å². The second kappa shape index (κ2) is 47.1. The minimum absolute atomic E-state index is 0.277. The van der Waals surface area contributed by atoms with E-state index < -0.39 is 223 Å². The third-order valence-corrected chi connectivity index (χ3v) is 26.8. The summed E-state index contributed by atoms with van der Waals surface area (Å²) in [5.41, 5.74) is 0. The predicted octanol–water partition coefficient (Wildman–Crippen LogP) is -6.73. The summed E-state index contributed by atoms with van der Waals surface area (Å²) in [5, 5.41) is 67.0. The van der Waals surface area contributed by atoms with E-state index in [9.17, 15) is 81.7 Å². The minimum Gasteiger partial charge on any atom is -0.390 e. The van der Waals surface area contributed by atoms with Crippen LogP contribution < -0.4 is 0 Å². The second-order valence-corrected chi connectivity index (χ2v) is 41.9. The van der Waals surface area contributed by atoms with E-state index in [1.165, 1.54) is 7.11 Å². The Kier molecular flexibility index (Phi) is 47.1. The molecule has 7 rings (SSSR count). The summed E-state index contributed by atoms with van der Waals surface area (Å²) < 4.78 is 179. The van der Waals surface area contributed by atoms with Gasteiger partial charge in [0.1, 0.15) is 95.9 Å². The van der Waals surface area contributed by atoms with E-state index in [1.54, 1.807) is 41.5 Å². The Balaban J connectivity index is 0.000000649. The molecular weight excluding hydrogens is 1780 g/mol. The maximum atomic E-state index is 11.6. The van der Waals surface area contributed by atoms with Crippen molar-refractivity contribution in [3.8, 4) is 0 Å². The van der Waals surface area contributed by atoms with Gasteiger partial charge in [-0.25, -0.2) is 36.0 Å². The first-order valence-corrected chi connectivity index (χ1v) is 49.4. The van der Waals surface area contributed by atoms with Crippen molar-refractivity contribution in [1.29, 1.82) is 0 Å². The van der Waals surface area contributed by atoms with E-state index >= 15 is 0 Å². The molecular formula is C43H88B8O49P10Se. The number of hydrogen-bond acceptors (Lipinski definition) is 35. The number of phosphoric ester groups is 4. The maximum Gasteiger partial charge on any atom is 0.476 e. The number of aliphatic hydroxyl groups excluding tert-OH is 7. The van der Waals surface area contributed by atoms with Gasteiger partial charge >= 0.3 is 167 Å². The first kappa shape index (κ1) is 111. The Labute approximate surface area is 653 Å². The normalized spacial score (nSPS) is 37.5. The van der Waals surface area contributed by atoms with Crippen LogP contribution in [0.5, 0.6) is 0 Å². The summed E-state index contributed by atoms with van der Waals surface area (Å²) >= 11 is 2.03. The van der Waals surface area contributed by atoms with E-state index in [0.717, 1.165) is 6.66 Å². The summed E-state index contributed by atoms with van der Waals surface area (Å²) in [7, 11) is 3.46. The van der Waals surface area contributed by atoms with Crippen molar-refractivity contribution in [1.82, 2.24) is 0 Å². The van der Waals surface area contributed by atoms with Crippen LogP contribution in [-0.2, 0) is 124 Å². The monoisotopic (exact) mass is 1870 g/mol. The zero-order valence-corrected chi connectivity index (χ0v) is 70.1. The molecule has 49 nitrogen and oxygen atoms in total. The van der Waals surface area contributed by atoms with Crippen LogP contribution in [0.25, 0.3) is 0 Å². The SMILES string of the molecule is [B][C@@H]1O[C@H](COP(=O)(O)O)[C@@H](O)[C@H]1C.[B][C@@H]1O[C@H](COP(=O)(O)O)[C@@H](O)[C@H]1C.[B][C@@H]1O[C@H](COP(=O)(O)O)[C@@H](O)[C@H]1C.[B][C@@H]1O[C@H](COP(=O)(O)O)[C@@H](O)[C@H]1OC.[B][C@@H]1O[C@H](COP(C)(=O)OP(=O)(O)O)[C@@H](O)[C@H]1C.[B][C@@H]1O[C@H](COP(O)(=[Se])OP(=O)(O)O)[C@@H](O)[C@H]1C.[B][C@@H]1O[C@H](COP([B])(=O)OP(=O)(O)O)[C@@H](O)[C@H]1C. The standard InChI is InChI=1S/C7H15BO8P2.C6H12B2O8P2.C6H13BO8P2Se.C6H12BO7P.3C6H12BO6P/c1-4-6(9)5(15-7(4)8)3-14-17(2,10)16-18(11,12)13;1-3-5(9)4(15-6(3)7)2-14-17(8,10)16-18(11,12)13;1-3-5(8)4(14-6(3)7)2-13-17(12,18)15-16(9,10)11;1-12-5-4(8)3(14-6(5)7)2-13-15(9,10)11;3*1-3-5(8)4(13-6(3)7)2-12-14(9,10)11/h4-7,9H,3H2,1-2H3,(H2,11,12,13);3-6,9H,2H2,1H3,(H2,11,12,13);3-6,8H,2H2,1H3,(H,12,18)(H2,9,10,11);3-6,8H,2H2,1H3,(H2,9,10,11);3*3-6,8H,2H2,1H3,(H2,9,10,11)/t4-,5-,6+,7-,17?;2*3-,4-,5+,6-,17?;3-,4-,5-,6-;3*3-,4-,5+,6-/m1111111/s1. The zero-order chi connectivity index (χ0) is 86.8. The third kappa shape index (κ3) is 43.7. The molecule has 0 spiro atoms. The molecule has 7 aliphatic heterocycles. The molecule has 7 aliphatic rings. The average Bonchev–Trinajstić information content (AvgIpc) is 1.79. The molecule has 0 saturated carbocycles. The minimum atomic E-state index is -5.03. The molecule has 3 unspecified atom stereocenters. The quantitative estimate of drug-likeness (QED) is 0.0256. The van der Waals surface area contributed by atoms with E-state index in [4.69, 9.17) is 178 Å². The maximum absolute atomic E-state index is 11.6. The molecule has 68 heteroatoms. The molecule has 22 N–H and O–H groups in total. The Hall–Kier alpha value is 1.94. The number of rotatable bonds is 28. The molecule has 0 aromatic carbocycles. The molecule has 0 aromatic heterocycles. The van der Waals surface area contributed by atoms with Gasteiger partial charge in [-0.05, 0) is 0 Å². The van der Waals surface area contributed by atoms with Gasteiger partial charge < -0.3 is 132 Å². The molecule has 16 radical (unpaired) electrons. The molecule has 31 atom stereocenters. The van der Waals surface area contributed by atoms with Crippen LogP contribution in [0.15, 0.2) is 0 Å². The number of hydrogen-bond donors (Lipinski definition) is 22. The van der Waals surface area contributed by atoms with Gasteiger partial charge in [-0.15, -0.1) is 0 Å². The summed E-state index contributed by atoms with van der Waals surface area (Å²) in [4.78, 5) is 128. The molecule has 7 heterocycles. The number of aliphatic hydroxyl groups is 7. The van der Waals surface area contributed by atoms with Crippen LogP contribution in [0.3, 0.4) is 0 Å². The first-order chi connectivity index (χ1) is 49.8. The van der Waals surface area contributed by atoms with Crippen LogP contribution in [0.4, 0.5) is 0 Å². The van der Waals surface area contributed by atoms with Crippen molar-refractivity contribution in [2.24, 2.45) is 35.5 Å². The Morgan fingerprint density at radius 1 is 0.297 bits per heavy atom. The third-order valence-electron chi connectivity index (χ3n) is 15.9. The van der Waals surface area contributed by atoms with Gasteiger partial charge in [-0.2, -0.15) is 0 Å². The predicted molar refractivity (Wildman–Crippen MR) is 380 cm³/mol. The smallest absolute Gasteiger partial charge is 0.390 e. The van der Waals surface area contributed by atoms with Crippen LogP contribution in [0.2, 0.25) is 0 Å². The van der Waals surface area contributed by atoms with Crippen molar-refractivity contribution in [2.75, 3.05) is 60.0 Å². The van der Waals surface area contributed by atoms with Gasteiger partial charge in [0.15, 0.2) is 0 Å².